The Morgan fingerprint density at radius 3 is 2.58 bits per heavy atom. The minimum atomic E-state index is -0.644. The van der Waals surface area contributed by atoms with E-state index in [-0.39, 0.29) is 26.7 Å². The lowest BCUT2D eigenvalue weighted by Gasteiger charge is -2.00. The van der Waals surface area contributed by atoms with E-state index in [9.17, 15) is 19.5 Å². The van der Waals surface area contributed by atoms with Crippen molar-refractivity contribution in [3.05, 3.63) is 36.7 Å². The molecule has 0 aliphatic carbocycles. The molecule has 8 nitrogen and oxygen atoms in total. The van der Waals surface area contributed by atoms with Crippen LogP contribution in [0.3, 0.4) is 0 Å². The van der Waals surface area contributed by atoms with Crippen molar-refractivity contribution in [1.82, 2.24) is 9.97 Å². The van der Waals surface area contributed by atoms with E-state index in [0.717, 1.165) is 17.6 Å². The summed E-state index contributed by atoms with van der Waals surface area (Å²) < 4.78 is 4.68. The molecule has 0 amide bonds. The number of ketones is 1. The van der Waals surface area contributed by atoms with Crippen molar-refractivity contribution in [2.24, 2.45) is 4.99 Å². The van der Waals surface area contributed by atoms with E-state index in [2.05, 4.69) is 15.0 Å². The Morgan fingerprint density at radius 2 is 2.04 bits per heavy atom. The molecule has 0 atom stereocenters. The smallest absolute Gasteiger partial charge is 0.341 e. The molecule has 0 saturated carbocycles. The van der Waals surface area contributed by atoms with Gasteiger partial charge in [0.2, 0.25) is 5.88 Å². The van der Waals surface area contributed by atoms with Crippen LogP contribution in [-0.2, 0) is 4.74 Å². The van der Waals surface area contributed by atoms with E-state index in [1.165, 1.54) is 14.0 Å². The first-order valence-corrected chi connectivity index (χ1v) is 7.81. The normalized spacial score (nSPS) is 11.0. The third-order valence-electron chi connectivity index (χ3n) is 3.11. The van der Waals surface area contributed by atoms with Crippen molar-refractivity contribution < 1.29 is 19.4 Å². The maximum Gasteiger partial charge on any atom is 0.341 e. The molecule has 0 unspecified atom stereocenters. The van der Waals surface area contributed by atoms with Gasteiger partial charge in [-0.3, -0.25) is 14.6 Å². The molecule has 0 aromatic carbocycles. The molecule has 10 heteroatoms. The van der Waals surface area contributed by atoms with Gasteiger partial charge in [0, 0.05) is 6.21 Å². The first kappa shape index (κ1) is 17.8. The SMILES string of the molecule is COC(=O)c1c(N=Cc2c(O)[nH]c(=S)[nH]c2=O)sc(C(C)=O)c1C. The first-order chi connectivity index (χ1) is 11.3. The average Bonchev–Trinajstić information content (AvgIpc) is 2.82. The molecule has 126 valence electrons. The summed E-state index contributed by atoms with van der Waals surface area (Å²) in [4.78, 5) is 44.5. The number of thiophene rings is 1. The van der Waals surface area contributed by atoms with Crippen LogP contribution in [0.2, 0.25) is 0 Å². The number of H-pyrrole nitrogens is 2. The highest BCUT2D eigenvalue weighted by Gasteiger charge is 2.23. The van der Waals surface area contributed by atoms with Gasteiger partial charge in [-0.2, -0.15) is 0 Å². The number of ether oxygens (including phenoxy) is 1. The van der Waals surface area contributed by atoms with Gasteiger partial charge in [-0.05, 0) is 31.6 Å². The third kappa shape index (κ3) is 3.34. The largest absolute Gasteiger partial charge is 0.494 e. The molecule has 0 spiro atoms. The quantitative estimate of drug-likeness (QED) is 0.329. The van der Waals surface area contributed by atoms with Crippen LogP contribution in [0.15, 0.2) is 9.79 Å². The molecule has 0 aliphatic heterocycles. The highest BCUT2D eigenvalue weighted by Crippen LogP contribution is 2.36. The number of rotatable bonds is 4. The molecule has 0 fully saturated rings. The van der Waals surface area contributed by atoms with Crippen molar-refractivity contribution in [3.8, 4) is 5.88 Å². The monoisotopic (exact) mass is 367 g/mol. The Morgan fingerprint density at radius 1 is 1.38 bits per heavy atom. The fourth-order valence-electron chi connectivity index (χ4n) is 1.99. The Labute approximate surface area is 144 Å². The van der Waals surface area contributed by atoms with Crippen LogP contribution in [0.25, 0.3) is 0 Å². The van der Waals surface area contributed by atoms with Crippen LogP contribution >= 0.6 is 23.6 Å². The van der Waals surface area contributed by atoms with Crippen molar-refractivity contribution in [3.63, 3.8) is 0 Å². The summed E-state index contributed by atoms with van der Waals surface area (Å²) in [6.45, 7) is 2.99. The standard InChI is InChI=1S/C14H13N3O5S2/c1-5-8(13(21)22-3)12(24-9(5)6(2)18)15-4-7-10(19)16-14(23)17-11(7)20/h4H,1-3H3,(H3,16,17,19,20,23). The van der Waals surface area contributed by atoms with Crippen LogP contribution in [0.4, 0.5) is 5.00 Å². The van der Waals surface area contributed by atoms with Crippen molar-refractivity contribution in [2.75, 3.05) is 7.11 Å². The summed E-state index contributed by atoms with van der Waals surface area (Å²) in [6.07, 6.45) is 1.08. The molecule has 2 rings (SSSR count). The van der Waals surface area contributed by atoms with Crippen molar-refractivity contribution in [2.45, 2.75) is 13.8 Å². The second kappa shape index (κ2) is 6.89. The van der Waals surface area contributed by atoms with Gasteiger partial charge in [-0.1, -0.05) is 0 Å². The number of nitrogens with one attached hydrogen (secondary N) is 2. The van der Waals surface area contributed by atoms with E-state index in [1.807, 2.05) is 0 Å². The average molecular weight is 367 g/mol. The predicted octanol–water partition coefficient (Wildman–Crippen LogP) is 2.25. The first-order valence-electron chi connectivity index (χ1n) is 6.58. The van der Waals surface area contributed by atoms with Gasteiger partial charge in [0.1, 0.15) is 10.6 Å². The van der Waals surface area contributed by atoms with Gasteiger partial charge in [0.05, 0.1) is 17.6 Å². The number of methoxy groups -OCH3 is 1. The molecule has 2 aromatic rings. The second-order valence-corrected chi connectivity index (χ2v) is 6.12. The summed E-state index contributed by atoms with van der Waals surface area (Å²) in [5, 5.41) is 9.95. The Bertz CT molecular complexity index is 968. The number of Topliss-reactive ketones (excluding diaryl/α,β-unsaturated/α-hetero) is 1. The fourth-order valence-corrected chi connectivity index (χ4v) is 3.22. The topological polar surface area (TPSA) is 125 Å². The second-order valence-electron chi connectivity index (χ2n) is 4.71. The summed E-state index contributed by atoms with van der Waals surface area (Å²) in [7, 11) is 1.22. The van der Waals surface area contributed by atoms with Crippen molar-refractivity contribution in [1.29, 1.82) is 0 Å². The molecule has 24 heavy (non-hydrogen) atoms. The van der Waals surface area contributed by atoms with Gasteiger partial charge in [-0.15, -0.1) is 11.3 Å². The fraction of sp³-hybridized carbons (Fsp3) is 0.214. The minimum absolute atomic E-state index is 0.0317. The molecule has 2 aromatic heterocycles. The highest BCUT2D eigenvalue weighted by molar-refractivity contribution is 7.71. The van der Waals surface area contributed by atoms with Crippen LogP contribution in [0.5, 0.6) is 5.88 Å². The van der Waals surface area contributed by atoms with Gasteiger partial charge in [0.25, 0.3) is 5.56 Å². The number of esters is 1. The molecular formula is C14H13N3O5S2. The van der Waals surface area contributed by atoms with Crippen LogP contribution in [-0.4, -0.2) is 40.2 Å². The number of nitrogens with zero attached hydrogens (tertiary/aromatic N) is 1. The van der Waals surface area contributed by atoms with Crippen LogP contribution in [0, 0.1) is 11.7 Å². The molecule has 0 saturated heterocycles. The van der Waals surface area contributed by atoms with Gasteiger partial charge >= 0.3 is 5.97 Å². The Kier molecular flexibility index (Phi) is 5.10. The lowest BCUT2D eigenvalue weighted by atomic mass is 10.1. The Balaban J connectivity index is 2.60. The highest BCUT2D eigenvalue weighted by atomic mass is 32.1. The lowest BCUT2D eigenvalue weighted by Crippen LogP contribution is -2.13. The van der Waals surface area contributed by atoms with E-state index in [4.69, 9.17) is 17.0 Å². The number of aromatic hydroxyl groups is 1. The Hall–Kier alpha value is -2.59. The van der Waals surface area contributed by atoms with E-state index >= 15 is 0 Å². The summed E-state index contributed by atoms with van der Waals surface area (Å²) in [5.41, 5.74) is -0.199. The molecule has 3 N–H and O–H groups in total. The van der Waals surface area contributed by atoms with Crippen molar-refractivity contribution >= 4 is 46.5 Å². The van der Waals surface area contributed by atoms with Gasteiger partial charge < -0.3 is 14.8 Å². The third-order valence-corrected chi connectivity index (χ3v) is 4.61. The minimum Gasteiger partial charge on any atom is -0.494 e. The van der Waals surface area contributed by atoms with Crippen LogP contribution in [0.1, 0.15) is 38.1 Å². The number of hydrogen-bond acceptors (Lipinski definition) is 8. The van der Waals surface area contributed by atoms with Crippen LogP contribution < -0.4 is 5.56 Å². The van der Waals surface area contributed by atoms with Gasteiger partial charge in [0.15, 0.2) is 10.6 Å². The molecule has 0 aliphatic rings. The molecule has 2 heterocycles. The summed E-state index contributed by atoms with van der Waals surface area (Å²) in [6, 6.07) is 0. The molecule has 0 bridgehead atoms. The van der Waals surface area contributed by atoms with E-state index < -0.39 is 17.4 Å². The number of hydrogen-bond donors (Lipinski definition) is 3. The zero-order chi connectivity index (χ0) is 18.0. The molecule has 0 radical (unpaired) electrons. The maximum atomic E-state index is 11.9. The lowest BCUT2D eigenvalue weighted by molar-refractivity contribution is 0.0601. The number of aliphatic imine (C=N–C) groups is 1. The summed E-state index contributed by atoms with van der Waals surface area (Å²) in [5.74, 6) is -1.31. The number of aromatic amines is 2. The van der Waals surface area contributed by atoms with Gasteiger partial charge in [-0.25, -0.2) is 9.79 Å². The zero-order valence-corrected chi connectivity index (χ0v) is 14.6. The maximum absolute atomic E-state index is 11.9. The number of aromatic nitrogens is 2. The van der Waals surface area contributed by atoms with E-state index in [0.29, 0.717) is 10.4 Å². The number of carbonyl (C=O) groups is 2. The molecular weight excluding hydrogens is 354 g/mol. The summed E-state index contributed by atoms with van der Waals surface area (Å²) >= 11 is 5.73. The predicted molar refractivity (Wildman–Crippen MR) is 91.6 cm³/mol. The van der Waals surface area contributed by atoms with E-state index in [1.54, 1.807) is 6.92 Å². The number of carbonyl (C=O) groups excluding carboxylic acids is 2. The zero-order valence-electron chi connectivity index (χ0n) is 12.9.